The standard InChI is InChI=1S/C18H31N5S.HI/c1-3-22-10-4-6-16(22)14-20-18(19-2)21-15-8-11-23(12-9-15)17-7-5-13-24-17;/h5,7,13,15-16H,3-4,6,8-12,14H2,1-2H3,(H2,19,20,21);1H. The lowest BCUT2D eigenvalue weighted by Crippen LogP contribution is -2.50. The first-order valence-corrected chi connectivity index (χ1v) is 10.2. The van der Waals surface area contributed by atoms with Crippen LogP contribution in [0.25, 0.3) is 0 Å². The van der Waals surface area contributed by atoms with Gasteiger partial charge in [-0.3, -0.25) is 9.89 Å². The molecule has 1 aromatic rings. The van der Waals surface area contributed by atoms with Crippen molar-refractivity contribution in [1.29, 1.82) is 0 Å². The third-order valence-corrected chi connectivity index (χ3v) is 6.22. The Labute approximate surface area is 173 Å². The number of nitrogens with one attached hydrogen (secondary N) is 2. The molecule has 0 radical (unpaired) electrons. The Morgan fingerprint density at radius 3 is 2.72 bits per heavy atom. The number of aliphatic imine (C=N–C) groups is 1. The topological polar surface area (TPSA) is 42.9 Å². The van der Waals surface area contributed by atoms with Crippen LogP contribution in [0, 0.1) is 0 Å². The summed E-state index contributed by atoms with van der Waals surface area (Å²) in [6.07, 6.45) is 4.97. The third-order valence-electron chi connectivity index (χ3n) is 5.29. The van der Waals surface area contributed by atoms with Crippen LogP contribution in [0.1, 0.15) is 32.6 Å². The van der Waals surface area contributed by atoms with E-state index in [1.54, 1.807) is 0 Å². The zero-order valence-corrected chi connectivity index (χ0v) is 18.6. The van der Waals surface area contributed by atoms with Crippen LogP contribution >= 0.6 is 35.3 Å². The maximum Gasteiger partial charge on any atom is 0.191 e. The second-order valence-corrected chi connectivity index (χ2v) is 7.66. The molecule has 2 aliphatic heterocycles. The summed E-state index contributed by atoms with van der Waals surface area (Å²) < 4.78 is 0. The second-order valence-electron chi connectivity index (χ2n) is 6.73. The normalized spacial score (nSPS) is 22.7. The van der Waals surface area contributed by atoms with Gasteiger partial charge in [-0.05, 0) is 56.3 Å². The highest BCUT2D eigenvalue weighted by Gasteiger charge is 2.24. The summed E-state index contributed by atoms with van der Waals surface area (Å²) >= 11 is 1.84. The van der Waals surface area contributed by atoms with Crippen molar-refractivity contribution in [3.63, 3.8) is 0 Å². The Morgan fingerprint density at radius 1 is 1.28 bits per heavy atom. The molecule has 1 unspecified atom stereocenters. The lowest BCUT2D eigenvalue weighted by molar-refractivity contribution is 0.266. The molecule has 3 heterocycles. The first kappa shape index (κ1) is 20.8. The lowest BCUT2D eigenvalue weighted by Gasteiger charge is -2.34. The van der Waals surface area contributed by atoms with Gasteiger partial charge in [0.2, 0.25) is 0 Å². The summed E-state index contributed by atoms with van der Waals surface area (Å²) in [4.78, 5) is 9.49. The fourth-order valence-corrected chi connectivity index (χ4v) is 4.62. The Balaban J connectivity index is 0.00000225. The van der Waals surface area contributed by atoms with E-state index in [-0.39, 0.29) is 24.0 Å². The number of halogens is 1. The number of rotatable bonds is 5. The van der Waals surface area contributed by atoms with Gasteiger partial charge in [-0.15, -0.1) is 35.3 Å². The van der Waals surface area contributed by atoms with E-state index in [2.05, 4.69) is 49.9 Å². The number of hydrogen-bond donors (Lipinski definition) is 2. The van der Waals surface area contributed by atoms with Crippen LogP contribution in [-0.2, 0) is 0 Å². The summed E-state index contributed by atoms with van der Waals surface area (Å²) in [6.45, 7) is 7.91. The molecule has 1 aromatic heterocycles. The molecule has 2 N–H and O–H groups in total. The van der Waals surface area contributed by atoms with Gasteiger partial charge in [0.25, 0.3) is 0 Å². The molecule has 0 amide bonds. The molecule has 0 bridgehead atoms. The molecule has 0 aromatic carbocycles. The first-order valence-electron chi connectivity index (χ1n) is 9.30. The predicted molar refractivity (Wildman–Crippen MR) is 120 cm³/mol. The van der Waals surface area contributed by atoms with E-state index >= 15 is 0 Å². The van der Waals surface area contributed by atoms with Gasteiger partial charge < -0.3 is 15.5 Å². The van der Waals surface area contributed by atoms with Crippen molar-refractivity contribution < 1.29 is 0 Å². The van der Waals surface area contributed by atoms with E-state index in [9.17, 15) is 0 Å². The monoisotopic (exact) mass is 477 g/mol. The summed E-state index contributed by atoms with van der Waals surface area (Å²) in [6, 6.07) is 5.55. The Hall–Kier alpha value is -0.540. The summed E-state index contributed by atoms with van der Waals surface area (Å²) in [5.74, 6) is 0.965. The van der Waals surface area contributed by atoms with Gasteiger partial charge in [-0.25, -0.2) is 0 Å². The van der Waals surface area contributed by atoms with Gasteiger partial charge >= 0.3 is 0 Å². The molecule has 7 heteroatoms. The average Bonchev–Trinajstić information content (AvgIpc) is 3.30. The number of guanidine groups is 1. The minimum Gasteiger partial charge on any atom is -0.363 e. The van der Waals surface area contributed by atoms with Gasteiger partial charge in [-0.2, -0.15) is 0 Å². The van der Waals surface area contributed by atoms with Crippen molar-refractivity contribution in [2.75, 3.05) is 44.7 Å². The maximum atomic E-state index is 4.43. The number of nitrogens with zero attached hydrogens (tertiary/aromatic N) is 3. The molecule has 0 saturated carbocycles. The molecular weight excluding hydrogens is 445 g/mol. The third kappa shape index (κ3) is 5.72. The summed E-state index contributed by atoms with van der Waals surface area (Å²) in [5.41, 5.74) is 0. The molecule has 25 heavy (non-hydrogen) atoms. The highest BCUT2D eigenvalue weighted by molar-refractivity contribution is 14.0. The van der Waals surface area contributed by atoms with Crippen LogP contribution in [0.5, 0.6) is 0 Å². The molecule has 142 valence electrons. The number of piperidine rings is 1. The summed E-state index contributed by atoms with van der Waals surface area (Å²) in [7, 11) is 1.88. The van der Waals surface area contributed by atoms with Crippen LogP contribution in [0.3, 0.4) is 0 Å². The number of thiophene rings is 1. The maximum absolute atomic E-state index is 4.43. The first-order chi connectivity index (χ1) is 11.8. The molecular formula is C18H32IN5S. The van der Waals surface area contributed by atoms with Gasteiger partial charge in [0.15, 0.2) is 5.96 Å². The van der Waals surface area contributed by atoms with Crippen LogP contribution in [0.2, 0.25) is 0 Å². The van der Waals surface area contributed by atoms with Crippen LogP contribution < -0.4 is 15.5 Å². The van der Waals surface area contributed by atoms with E-state index in [4.69, 9.17) is 0 Å². The van der Waals surface area contributed by atoms with Crippen molar-refractivity contribution in [3.05, 3.63) is 17.5 Å². The van der Waals surface area contributed by atoms with Crippen molar-refractivity contribution in [1.82, 2.24) is 15.5 Å². The Kier molecular flexibility index (Phi) is 8.78. The van der Waals surface area contributed by atoms with Gasteiger partial charge in [0, 0.05) is 38.8 Å². The van der Waals surface area contributed by atoms with E-state index in [1.165, 1.54) is 37.2 Å². The zero-order valence-electron chi connectivity index (χ0n) is 15.4. The van der Waals surface area contributed by atoms with Crippen molar-refractivity contribution in [2.45, 2.75) is 44.7 Å². The van der Waals surface area contributed by atoms with E-state index in [0.717, 1.165) is 32.1 Å². The largest absolute Gasteiger partial charge is 0.363 e. The fraction of sp³-hybridized carbons (Fsp3) is 0.722. The van der Waals surface area contributed by atoms with Gasteiger partial charge in [0.1, 0.15) is 0 Å². The SMILES string of the molecule is CCN1CCCC1CNC(=NC)NC1CCN(c2cccs2)CC1.I. The Morgan fingerprint density at radius 2 is 2.08 bits per heavy atom. The zero-order chi connectivity index (χ0) is 16.8. The summed E-state index contributed by atoms with van der Waals surface area (Å²) in [5, 5.41) is 10.7. The van der Waals surface area contributed by atoms with E-state index in [0.29, 0.717) is 12.1 Å². The number of likely N-dealkylation sites (tertiary alicyclic amines) is 1. The number of hydrogen-bond acceptors (Lipinski definition) is 4. The average molecular weight is 477 g/mol. The number of likely N-dealkylation sites (N-methyl/N-ethyl adjacent to an activating group) is 1. The van der Waals surface area contributed by atoms with Crippen molar-refractivity contribution >= 4 is 46.3 Å². The van der Waals surface area contributed by atoms with Crippen molar-refractivity contribution in [3.8, 4) is 0 Å². The molecule has 0 aliphatic carbocycles. The van der Waals surface area contributed by atoms with Crippen molar-refractivity contribution in [2.24, 2.45) is 4.99 Å². The van der Waals surface area contributed by atoms with Crippen LogP contribution in [0.15, 0.2) is 22.5 Å². The second kappa shape index (κ2) is 10.6. The molecule has 0 spiro atoms. The molecule has 2 fully saturated rings. The van der Waals surface area contributed by atoms with E-state index in [1.807, 2.05) is 18.4 Å². The van der Waals surface area contributed by atoms with Gasteiger partial charge in [-0.1, -0.05) is 6.92 Å². The minimum atomic E-state index is 0. The molecule has 2 aliphatic rings. The highest BCUT2D eigenvalue weighted by Crippen LogP contribution is 2.24. The number of anilines is 1. The smallest absolute Gasteiger partial charge is 0.191 e. The van der Waals surface area contributed by atoms with Crippen LogP contribution in [0.4, 0.5) is 5.00 Å². The van der Waals surface area contributed by atoms with E-state index < -0.39 is 0 Å². The molecule has 3 rings (SSSR count). The molecule has 1 atom stereocenters. The predicted octanol–water partition coefficient (Wildman–Crippen LogP) is 2.98. The highest BCUT2D eigenvalue weighted by atomic mass is 127. The molecule has 5 nitrogen and oxygen atoms in total. The molecule has 2 saturated heterocycles. The lowest BCUT2D eigenvalue weighted by atomic mass is 10.1. The van der Waals surface area contributed by atoms with Crippen LogP contribution in [-0.4, -0.2) is 62.7 Å². The Bertz CT molecular complexity index is 514. The van der Waals surface area contributed by atoms with Gasteiger partial charge in [0.05, 0.1) is 5.00 Å². The fourth-order valence-electron chi connectivity index (χ4n) is 3.84. The minimum absolute atomic E-state index is 0. The quantitative estimate of drug-likeness (QED) is 0.389.